The summed E-state index contributed by atoms with van der Waals surface area (Å²) >= 11 is 0. The number of carbonyl (C=O) groups is 1. The first-order valence-electron chi connectivity index (χ1n) is 7.89. The van der Waals surface area contributed by atoms with Crippen molar-refractivity contribution in [1.82, 2.24) is 0 Å². The molecular weight excluding hydrogens is 312 g/mol. The minimum atomic E-state index is -0.797. The number of fused-ring (bicyclic) bond motifs is 2. The molecule has 5 heteroatoms. The lowest BCUT2D eigenvalue weighted by molar-refractivity contribution is -0.142. The number of ether oxygens (including phenoxy) is 1. The van der Waals surface area contributed by atoms with Gasteiger partial charge in [-0.2, -0.15) is 0 Å². The van der Waals surface area contributed by atoms with Gasteiger partial charge in [0.2, 0.25) is 0 Å². The van der Waals surface area contributed by atoms with E-state index in [-0.39, 0.29) is 17.6 Å². The van der Waals surface area contributed by atoms with E-state index in [0.717, 1.165) is 22.3 Å². The maximum absolute atomic E-state index is 13.6. The maximum atomic E-state index is 13.6. The second kappa shape index (κ2) is 6.69. The van der Waals surface area contributed by atoms with Crippen LogP contribution in [0.5, 0.6) is 0 Å². The largest absolute Gasteiger partial charge is 0.468 e. The van der Waals surface area contributed by atoms with E-state index in [1.54, 1.807) is 12.1 Å². The van der Waals surface area contributed by atoms with Gasteiger partial charge in [0.05, 0.1) is 7.11 Å². The SMILES string of the molecule is COC(=O)C(N)CC1c2ccc(F)cc2CCc2cc(F)ccc21. The van der Waals surface area contributed by atoms with Crippen LogP contribution in [0.15, 0.2) is 36.4 Å². The molecule has 0 spiro atoms. The number of hydrogen-bond acceptors (Lipinski definition) is 3. The van der Waals surface area contributed by atoms with Crippen molar-refractivity contribution in [2.24, 2.45) is 5.73 Å². The number of nitrogens with two attached hydrogens (primary N) is 1. The monoisotopic (exact) mass is 331 g/mol. The number of aryl methyl sites for hydroxylation is 2. The van der Waals surface area contributed by atoms with Crippen LogP contribution in [-0.4, -0.2) is 19.1 Å². The predicted octanol–water partition coefficient (Wildman–Crippen LogP) is 3.09. The summed E-state index contributed by atoms with van der Waals surface area (Å²) < 4.78 is 32.0. The van der Waals surface area contributed by atoms with Gasteiger partial charge in [0.25, 0.3) is 0 Å². The summed E-state index contributed by atoms with van der Waals surface area (Å²) in [5.74, 6) is -1.30. The molecule has 3 rings (SSSR count). The number of rotatable bonds is 3. The molecule has 0 aliphatic heterocycles. The quantitative estimate of drug-likeness (QED) is 0.880. The van der Waals surface area contributed by atoms with Gasteiger partial charge in [-0.25, -0.2) is 8.78 Å². The fraction of sp³-hybridized carbons (Fsp3) is 0.316. The molecule has 0 fully saturated rings. The fourth-order valence-corrected chi connectivity index (χ4v) is 3.45. The third kappa shape index (κ3) is 3.17. The summed E-state index contributed by atoms with van der Waals surface area (Å²) in [6.07, 6.45) is 1.56. The van der Waals surface area contributed by atoms with Crippen molar-refractivity contribution >= 4 is 5.97 Å². The zero-order chi connectivity index (χ0) is 17.3. The van der Waals surface area contributed by atoms with Gasteiger partial charge in [0.1, 0.15) is 17.7 Å². The molecule has 24 heavy (non-hydrogen) atoms. The number of benzene rings is 2. The van der Waals surface area contributed by atoms with Crippen LogP contribution in [0.4, 0.5) is 8.78 Å². The van der Waals surface area contributed by atoms with E-state index in [4.69, 9.17) is 10.5 Å². The topological polar surface area (TPSA) is 52.3 Å². The van der Waals surface area contributed by atoms with Gasteiger partial charge >= 0.3 is 5.97 Å². The third-order valence-corrected chi connectivity index (χ3v) is 4.62. The Bertz CT molecular complexity index is 722. The van der Waals surface area contributed by atoms with Crippen LogP contribution in [0, 0.1) is 11.6 Å². The third-order valence-electron chi connectivity index (χ3n) is 4.62. The standard InChI is InChI=1S/C19H19F2NO2/c1-24-19(23)18(22)10-17-15-6-4-13(20)8-11(15)2-3-12-9-14(21)5-7-16(12)17/h4-9,17-18H,2-3,10,22H2,1H3. The Balaban J connectivity index is 2.08. The number of carbonyl (C=O) groups excluding carboxylic acids is 1. The van der Waals surface area contributed by atoms with Gasteiger partial charge in [-0.05, 0) is 65.8 Å². The first-order valence-corrected chi connectivity index (χ1v) is 7.89. The molecule has 1 atom stereocenters. The molecule has 0 saturated carbocycles. The number of methoxy groups -OCH3 is 1. The summed E-state index contributed by atoms with van der Waals surface area (Å²) in [6, 6.07) is 8.50. The minimum absolute atomic E-state index is 0.201. The molecule has 2 aromatic rings. The van der Waals surface area contributed by atoms with Crippen LogP contribution in [0.2, 0.25) is 0 Å². The second-order valence-corrected chi connectivity index (χ2v) is 6.10. The molecule has 0 bridgehead atoms. The highest BCUT2D eigenvalue weighted by molar-refractivity contribution is 5.75. The van der Waals surface area contributed by atoms with Crippen molar-refractivity contribution in [3.8, 4) is 0 Å². The summed E-state index contributed by atoms with van der Waals surface area (Å²) in [6.45, 7) is 0. The molecule has 1 aliphatic carbocycles. The molecule has 3 nitrogen and oxygen atoms in total. The van der Waals surface area contributed by atoms with Gasteiger partial charge in [0, 0.05) is 5.92 Å². The molecule has 126 valence electrons. The molecule has 1 aliphatic rings. The van der Waals surface area contributed by atoms with Crippen LogP contribution in [0.25, 0.3) is 0 Å². The van der Waals surface area contributed by atoms with E-state index < -0.39 is 12.0 Å². The van der Waals surface area contributed by atoms with Crippen LogP contribution >= 0.6 is 0 Å². The zero-order valence-corrected chi connectivity index (χ0v) is 13.4. The van der Waals surface area contributed by atoms with E-state index in [2.05, 4.69) is 0 Å². The van der Waals surface area contributed by atoms with Gasteiger partial charge in [-0.1, -0.05) is 12.1 Å². The van der Waals surface area contributed by atoms with Crippen molar-refractivity contribution in [3.63, 3.8) is 0 Å². The van der Waals surface area contributed by atoms with Crippen LogP contribution in [0.1, 0.15) is 34.6 Å². The number of halogens is 2. The highest BCUT2D eigenvalue weighted by atomic mass is 19.1. The van der Waals surface area contributed by atoms with Crippen molar-refractivity contribution in [2.45, 2.75) is 31.2 Å². The Morgan fingerprint density at radius 3 is 2.08 bits per heavy atom. The predicted molar refractivity (Wildman–Crippen MR) is 86.7 cm³/mol. The average molecular weight is 331 g/mol. The molecule has 0 amide bonds. The van der Waals surface area contributed by atoms with Crippen molar-refractivity contribution in [1.29, 1.82) is 0 Å². The summed E-state index contributed by atoms with van der Waals surface area (Å²) in [5, 5.41) is 0. The Kier molecular flexibility index (Phi) is 4.62. The van der Waals surface area contributed by atoms with Crippen LogP contribution in [-0.2, 0) is 22.4 Å². The lowest BCUT2D eigenvalue weighted by Crippen LogP contribution is -2.33. The van der Waals surface area contributed by atoms with Gasteiger partial charge in [-0.15, -0.1) is 0 Å². The summed E-state index contributed by atoms with van der Waals surface area (Å²) in [7, 11) is 1.29. The second-order valence-electron chi connectivity index (χ2n) is 6.10. The van der Waals surface area contributed by atoms with Crippen molar-refractivity contribution in [2.75, 3.05) is 7.11 Å². The first kappa shape index (κ1) is 16.6. The average Bonchev–Trinajstić information content (AvgIpc) is 2.71. The van der Waals surface area contributed by atoms with E-state index in [1.165, 1.54) is 31.4 Å². The van der Waals surface area contributed by atoms with Gasteiger partial charge in [-0.3, -0.25) is 4.79 Å². The van der Waals surface area contributed by atoms with Gasteiger partial charge < -0.3 is 10.5 Å². The Morgan fingerprint density at radius 1 is 1.12 bits per heavy atom. The van der Waals surface area contributed by atoms with Crippen LogP contribution in [0.3, 0.4) is 0 Å². The van der Waals surface area contributed by atoms with E-state index in [1.807, 2.05) is 0 Å². The smallest absolute Gasteiger partial charge is 0.322 e. The van der Waals surface area contributed by atoms with Crippen molar-refractivity contribution < 1.29 is 18.3 Å². The van der Waals surface area contributed by atoms with E-state index >= 15 is 0 Å². The number of esters is 1. The molecule has 0 radical (unpaired) electrons. The normalized spacial score (nSPS) is 15.2. The van der Waals surface area contributed by atoms with E-state index in [9.17, 15) is 13.6 Å². The highest BCUT2D eigenvalue weighted by Gasteiger charge is 2.28. The lowest BCUT2D eigenvalue weighted by atomic mass is 9.83. The van der Waals surface area contributed by atoms with Crippen molar-refractivity contribution in [3.05, 3.63) is 70.3 Å². The zero-order valence-electron chi connectivity index (χ0n) is 13.4. The molecular formula is C19H19F2NO2. The Labute approximate surface area is 139 Å². The minimum Gasteiger partial charge on any atom is -0.468 e. The lowest BCUT2D eigenvalue weighted by Gasteiger charge is -2.23. The molecule has 0 saturated heterocycles. The Hall–Kier alpha value is -2.27. The molecule has 1 unspecified atom stereocenters. The molecule has 0 aromatic heterocycles. The molecule has 2 aromatic carbocycles. The molecule has 0 heterocycles. The van der Waals surface area contributed by atoms with E-state index in [0.29, 0.717) is 19.3 Å². The Morgan fingerprint density at radius 2 is 1.62 bits per heavy atom. The maximum Gasteiger partial charge on any atom is 0.322 e. The fourth-order valence-electron chi connectivity index (χ4n) is 3.45. The number of hydrogen-bond donors (Lipinski definition) is 1. The van der Waals surface area contributed by atoms with Gasteiger partial charge in [0.15, 0.2) is 0 Å². The first-order chi connectivity index (χ1) is 11.5. The summed E-state index contributed by atoms with van der Waals surface area (Å²) in [4.78, 5) is 11.7. The summed E-state index contributed by atoms with van der Waals surface area (Å²) in [5.41, 5.74) is 9.56. The van der Waals surface area contributed by atoms with Crippen LogP contribution < -0.4 is 5.73 Å². The molecule has 2 N–H and O–H groups in total. The highest BCUT2D eigenvalue weighted by Crippen LogP contribution is 2.37.